The molecule has 0 amide bonds. The van der Waals surface area contributed by atoms with E-state index in [9.17, 15) is 13.5 Å². The first-order chi connectivity index (χ1) is 12.9. The molecule has 2 aliphatic rings. The Morgan fingerprint density at radius 1 is 1.25 bits per heavy atom. The van der Waals surface area contributed by atoms with Crippen molar-refractivity contribution in [1.29, 1.82) is 0 Å². The van der Waals surface area contributed by atoms with Gasteiger partial charge >= 0.3 is 0 Å². The normalized spacial score (nSPS) is 25.1. The molecular weight excluding hydrogens is 384 g/mol. The van der Waals surface area contributed by atoms with E-state index < -0.39 is 21.8 Å². The lowest BCUT2D eigenvalue weighted by Gasteiger charge is -2.47. The molecule has 0 aliphatic carbocycles. The van der Waals surface area contributed by atoms with Crippen molar-refractivity contribution in [1.82, 2.24) is 4.90 Å². The molecule has 9 heteroatoms. The molecule has 0 bridgehead atoms. The molecule has 28 heavy (non-hydrogen) atoms. The van der Waals surface area contributed by atoms with Gasteiger partial charge in [-0.25, -0.2) is 0 Å². The van der Waals surface area contributed by atoms with E-state index in [0.717, 1.165) is 42.8 Å². The molecule has 0 unspecified atom stereocenters. The molecule has 0 saturated carbocycles. The molecule has 8 nitrogen and oxygen atoms in total. The van der Waals surface area contributed by atoms with Crippen LogP contribution < -0.4 is 4.74 Å². The molecular formula is C19H30N2O6S. The Bertz CT molecular complexity index is 808. The molecule has 0 spiro atoms. The highest BCUT2D eigenvalue weighted by molar-refractivity contribution is 7.85. The quantitative estimate of drug-likeness (QED) is 0.294. The van der Waals surface area contributed by atoms with Crippen LogP contribution >= 0.6 is 0 Å². The Kier molecular flexibility index (Phi) is 7.08. The first-order valence-corrected chi connectivity index (χ1v) is 11.2. The predicted molar refractivity (Wildman–Crippen MR) is 107 cm³/mol. The Hall–Kier alpha value is -1.68. The highest BCUT2D eigenvalue weighted by Gasteiger charge is 2.45. The molecule has 0 radical (unpaired) electrons. The molecule has 3 N–H and O–H groups in total. The van der Waals surface area contributed by atoms with Crippen LogP contribution in [-0.2, 0) is 10.1 Å². The zero-order chi connectivity index (χ0) is 21.1. The van der Waals surface area contributed by atoms with Gasteiger partial charge in [-0.05, 0) is 70.5 Å². The summed E-state index contributed by atoms with van der Waals surface area (Å²) in [5, 5.41) is 23.3. The minimum Gasteiger partial charge on any atom is -0.485 e. The fourth-order valence-corrected chi connectivity index (χ4v) is 3.64. The number of hydrogen-bond donors (Lipinski definition) is 3. The van der Waals surface area contributed by atoms with Crippen LogP contribution in [0.5, 0.6) is 5.75 Å². The second-order valence-corrected chi connectivity index (χ2v) is 9.33. The number of ether oxygens (including phenoxy) is 1. The fraction of sp³-hybridized carbons (Fsp3) is 0.632. The molecule has 2 atom stereocenters. The maximum absolute atomic E-state index is 10.9. The SMILES string of the molecule is C/C(=N\O)c1ccc2c(c1)[C@@H](N1CCCCC1)[C@H](O)C(C)(C)O2.CS(=O)(=O)O. The molecule has 1 aromatic rings. The van der Waals surface area contributed by atoms with Gasteiger partial charge in [0.2, 0.25) is 0 Å². The van der Waals surface area contributed by atoms with Gasteiger partial charge in [-0.2, -0.15) is 8.42 Å². The van der Waals surface area contributed by atoms with Gasteiger partial charge in [0.15, 0.2) is 0 Å². The van der Waals surface area contributed by atoms with E-state index in [1.165, 1.54) is 6.42 Å². The number of fused-ring (bicyclic) bond motifs is 1. The van der Waals surface area contributed by atoms with Gasteiger partial charge in [-0.1, -0.05) is 11.6 Å². The van der Waals surface area contributed by atoms with Crippen molar-refractivity contribution >= 4 is 15.8 Å². The van der Waals surface area contributed by atoms with Crippen molar-refractivity contribution in [2.45, 2.75) is 57.8 Å². The summed E-state index contributed by atoms with van der Waals surface area (Å²) >= 11 is 0. The summed E-state index contributed by atoms with van der Waals surface area (Å²) in [5.41, 5.74) is 1.77. The Morgan fingerprint density at radius 2 is 1.82 bits per heavy atom. The second-order valence-electron chi connectivity index (χ2n) is 7.86. The molecule has 2 aliphatic heterocycles. The number of rotatable bonds is 2. The molecule has 3 rings (SSSR count). The predicted octanol–water partition coefficient (Wildman–Crippen LogP) is 2.45. The number of hydrogen-bond acceptors (Lipinski definition) is 7. The van der Waals surface area contributed by atoms with E-state index in [2.05, 4.69) is 10.1 Å². The molecule has 0 aromatic heterocycles. The lowest BCUT2D eigenvalue weighted by atomic mass is 9.84. The number of oxime groups is 1. The van der Waals surface area contributed by atoms with Gasteiger partial charge < -0.3 is 15.1 Å². The van der Waals surface area contributed by atoms with Crippen molar-refractivity contribution in [3.05, 3.63) is 29.3 Å². The summed E-state index contributed by atoms with van der Waals surface area (Å²) in [4.78, 5) is 2.37. The van der Waals surface area contributed by atoms with Crippen LogP contribution in [0, 0.1) is 0 Å². The van der Waals surface area contributed by atoms with E-state index in [1.54, 1.807) is 6.92 Å². The zero-order valence-corrected chi connectivity index (χ0v) is 17.6. The van der Waals surface area contributed by atoms with Crippen molar-refractivity contribution in [2.75, 3.05) is 19.3 Å². The number of nitrogens with zero attached hydrogens (tertiary/aromatic N) is 2. The highest BCUT2D eigenvalue weighted by atomic mass is 32.2. The van der Waals surface area contributed by atoms with Crippen LogP contribution in [-0.4, -0.2) is 64.9 Å². The molecule has 1 saturated heterocycles. The first kappa shape index (κ1) is 22.6. The maximum Gasteiger partial charge on any atom is 0.261 e. The molecule has 1 fully saturated rings. The lowest BCUT2D eigenvalue weighted by molar-refractivity contribution is -0.0961. The van der Waals surface area contributed by atoms with Crippen molar-refractivity contribution in [3.63, 3.8) is 0 Å². The fourth-order valence-electron chi connectivity index (χ4n) is 3.64. The lowest BCUT2D eigenvalue weighted by Crippen LogP contribution is -2.54. The first-order valence-electron chi connectivity index (χ1n) is 9.30. The second kappa shape index (κ2) is 8.77. The van der Waals surface area contributed by atoms with E-state index in [4.69, 9.17) is 14.5 Å². The third-order valence-corrected chi connectivity index (χ3v) is 5.06. The monoisotopic (exact) mass is 414 g/mol. The largest absolute Gasteiger partial charge is 0.485 e. The van der Waals surface area contributed by atoms with Crippen molar-refractivity contribution in [2.24, 2.45) is 5.16 Å². The van der Waals surface area contributed by atoms with Gasteiger partial charge in [-0.3, -0.25) is 9.45 Å². The Labute approximate surface area is 166 Å². The van der Waals surface area contributed by atoms with Crippen LogP contribution in [0.2, 0.25) is 0 Å². The topological polar surface area (TPSA) is 120 Å². The Balaban J connectivity index is 0.000000500. The minimum absolute atomic E-state index is 0.0829. The van der Waals surface area contributed by atoms with Crippen LogP contribution in [0.3, 0.4) is 0 Å². The highest BCUT2D eigenvalue weighted by Crippen LogP contribution is 2.44. The van der Waals surface area contributed by atoms with E-state index >= 15 is 0 Å². The number of piperidine rings is 1. The number of benzene rings is 1. The van der Waals surface area contributed by atoms with E-state index in [0.29, 0.717) is 12.0 Å². The smallest absolute Gasteiger partial charge is 0.261 e. The number of aliphatic hydroxyl groups excluding tert-OH is 1. The number of aliphatic hydroxyl groups is 1. The van der Waals surface area contributed by atoms with Gasteiger partial charge in [-0.15, -0.1) is 0 Å². The van der Waals surface area contributed by atoms with Crippen LogP contribution in [0.4, 0.5) is 0 Å². The van der Waals surface area contributed by atoms with Crippen molar-refractivity contribution in [3.8, 4) is 5.75 Å². The van der Waals surface area contributed by atoms with E-state index in [1.807, 2.05) is 32.0 Å². The summed E-state index contributed by atoms with van der Waals surface area (Å²) in [5.74, 6) is 0.811. The minimum atomic E-state index is -3.67. The summed E-state index contributed by atoms with van der Waals surface area (Å²) in [7, 11) is -3.67. The summed E-state index contributed by atoms with van der Waals surface area (Å²) in [6.45, 7) is 7.63. The van der Waals surface area contributed by atoms with Crippen molar-refractivity contribution < 1.29 is 28.0 Å². The van der Waals surface area contributed by atoms with Gasteiger partial charge in [0.05, 0.1) is 18.0 Å². The standard InChI is InChI=1S/C18H26N2O3.CH4O3S/c1-12(19-22)13-7-8-15-14(11-13)16(17(21)18(2,3)23-15)20-9-5-4-6-10-20;1-5(2,3)4/h7-8,11,16-17,21-22H,4-6,9-10H2,1-3H3;1H3,(H,2,3,4)/b19-12+;/t16-,17+;/m1./s1. The Morgan fingerprint density at radius 3 is 2.36 bits per heavy atom. The number of likely N-dealkylation sites (tertiary alicyclic amines) is 1. The zero-order valence-electron chi connectivity index (χ0n) is 16.8. The average Bonchev–Trinajstić information content (AvgIpc) is 2.61. The summed E-state index contributed by atoms with van der Waals surface area (Å²) in [6.07, 6.45) is 3.69. The van der Waals surface area contributed by atoms with Crippen LogP contribution in [0.25, 0.3) is 0 Å². The van der Waals surface area contributed by atoms with Gasteiger partial charge in [0, 0.05) is 5.56 Å². The third kappa shape index (κ3) is 5.66. The van der Waals surface area contributed by atoms with Crippen LogP contribution in [0.15, 0.2) is 23.4 Å². The summed E-state index contributed by atoms with van der Waals surface area (Å²) < 4.78 is 31.9. The molecule has 158 valence electrons. The average molecular weight is 415 g/mol. The molecule has 2 heterocycles. The van der Waals surface area contributed by atoms with Crippen LogP contribution in [0.1, 0.15) is 57.2 Å². The van der Waals surface area contributed by atoms with Gasteiger partial charge in [0.1, 0.15) is 17.5 Å². The maximum atomic E-state index is 10.9. The van der Waals surface area contributed by atoms with E-state index in [-0.39, 0.29) is 6.04 Å². The molecule has 1 aromatic carbocycles. The third-order valence-electron chi connectivity index (χ3n) is 5.06. The van der Waals surface area contributed by atoms with Gasteiger partial charge in [0.25, 0.3) is 10.1 Å². The summed E-state index contributed by atoms with van der Waals surface area (Å²) in [6, 6.07) is 5.72.